The quantitative estimate of drug-likeness (QED) is 0.823. The lowest BCUT2D eigenvalue weighted by molar-refractivity contribution is 0.414. The van der Waals surface area contributed by atoms with Crippen LogP contribution in [0.2, 0.25) is 0 Å². The molecule has 1 heterocycles. The highest BCUT2D eigenvalue weighted by atomic mass is 16.5. The minimum absolute atomic E-state index is 0.883. The van der Waals surface area contributed by atoms with Crippen LogP contribution in [0.25, 0.3) is 0 Å². The molecule has 0 amide bonds. The average molecular weight is 233 g/mol. The molecule has 1 aliphatic heterocycles. The van der Waals surface area contributed by atoms with Crippen LogP contribution in [0.5, 0.6) is 5.75 Å². The first-order valence-corrected chi connectivity index (χ1v) is 5.93. The van der Waals surface area contributed by atoms with Gasteiger partial charge in [0.2, 0.25) is 0 Å². The van der Waals surface area contributed by atoms with Crippen LogP contribution in [0, 0.1) is 0 Å². The van der Waals surface area contributed by atoms with Crippen molar-refractivity contribution < 1.29 is 4.74 Å². The lowest BCUT2D eigenvalue weighted by Gasteiger charge is -2.20. The molecule has 0 bridgehead atoms. The molecule has 0 aromatic heterocycles. The SMILES string of the molecule is CNCCN1CCN=C1c1ccc(OC)cc1. The van der Waals surface area contributed by atoms with E-state index in [2.05, 4.69) is 27.3 Å². The van der Waals surface area contributed by atoms with Crippen molar-refractivity contribution in [2.75, 3.05) is 40.3 Å². The molecule has 0 aliphatic carbocycles. The summed E-state index contributed by atoms with van der Waals surface area (Å²) in [6.45, 7) is 3.89. The zero-order valence-electron chi connectivity index (χ0n) is 10.4. The van der Waals surface area contributed by atoms with E-state index >= 15 is 0 Å². The molecule has 0 fully saturated rings. The van der Waals surface area contributed by atoms with Crippen LogP contribution in [0.15, 0.2) is 29.3 Å². The zero-order chi connectivity index (χ0) is 12.1. The summed E-state index contributed by atoms with van der Waals surface area (Å²) in [6.07, 6.45) is 0. The van der Waals surface area contributed by atoms with Crippen molar-refractivity contribution >= 4 is 5.84 Å². The molecule has 4 nitrogen and oxygen atoms in total. The van der Waals surface area contributed by atoms with Crippen LogP contribution in [0.3, 0.4) is 0 Å². The molecule has 1 aromatic rings. The monoisotopic (exact) mass is 233 g/mol. The van der Waals surface area contributed by atoms with E-state index in [4.69, 9.17) is 4.74 Å². The molecular formula is C13H19N3O. The molecule has 2 rings (SSSR count). The van der Waals surface area contributed by atoms with Gasteiger partial charge in [-0.2, -0.15) is 0 Å². The first-order valence-electron chi connectivity index (χ1n) is 5.93. The Kier molecular flexibility index (Phi) is 3.98. The van der Waals surface area contributed by atoms with Crippen molar-refractivity contribution in [3.63, 3.8) is 0 Å². The summed E-state index contributed by atoms with van der Waals surface area (Å²) >= 11 is 0. The first kappa shape index (κ1) is 11.9. The fourth-order valence-corrected chi connectivity index (χ4v) is 1.96. The number of likely N-dealkylation sites (N-methyl/N-ethyl adjacent to an activating group) is 1. The van der Waals surface area contributed by atoms with E-state index in [1.54, 1.807) is 7.11 Å². The lowest BCUT2D eigenvalue weighted by Crippen LogP contribution is -2.34. The van der Waals surface area contributed by atoms with Crippen LogP contribution >= 0.6 is 0 Å². The molecule has 1 N–H and O–H groups in total. The number of nitrogens with one attached hydrogen (secondary N) is 1. The first-order chi connectivity index (χ1) is 8.35. The van der Waals surface area contributed by atoms with Crippen molar-refractivity contribution in [1.29, 1.82) is 0 Å². The van der Waals surface area contributed by atoms with Gasteiger partial charge in [-0.25, -0.2) is 0 Å². The Labute approximate surface area is 102 Å². The topological polar surface area (TPSA) is 36.9 Å². The van der Waals surface area contributed by atoms with Crippen molar-refractivity contribution in [3.05, 3.63) is 29.8 Å². The van der Waals surface area contributed by atoms with E-state index < -0.39 is 0 Å². The second-order valence-corrected chi connectivity index (χ2v) is 4.02. The van der Waals surface area contributed by atoms with E-state index in [1.165, 1.54) is 5.56 Å². The molecule has 1 aliphatic rings. The lowest BCUT2D eigenvalue weighted by atomic mass is 10.2. The summed E-state index contributed by atoms with van der Waals surface area (Å²) in [5, 5.41) is 3.17. The number of hydrogen-bond acceptors (Lipinski definition) is 4. The Bertz CT molecular complexity index is 386. The predicted molar refractivity (Wildman–Crippen MR) is 69.9 cm³/mol. The van der Waals surface area contributed by atoms with E-state index in [1.807, 2.05) is 19.2 Å². The van der Waals surface area contributed by atoms with Gasteiger partial charge in [-0.15, -0.1) is 0 Å². The number of aliphatic imine (C=N–C) groups is 1. The zero-order valence-corrected chi connectivity index (χ0v) is 10.4. The molecule has 92 valence electrons. The molecule has 0 atom stereocenters. The maximum atomic E-state index is 5.16. The maximum absolute atomic E-state index is 5.16. The number of amidine groups is 1. The molecule has 0 spiro atoms. The maximum Gasteiger partial charge on any atom is 0.131 e. The van der Waals surface area contributed by atoms with Gasteiger partial charge >= 0.3 is 0 Å². The van der Waals surface area contributed by atoms with Crippen LogP contribution in [-0.2, 0) is 0 Å². The Morgan fingerprint density at radius 3 is 2.76 bits per heavy atom. The third-order valence-electron chi connectivity index (χ3n) is 2.91. The third-order valence-corrected chi connectivity index (χ3v) is 2.91. The molecule has 17 heavy (non-hydrogen) atoms. The van der Waals surface area contributed by atoms with E-state index in [0.717, 1.165) is 37.8 Å². The minimum Gasteiger partial charge on any atom is -0.497 e. The number of hydrogen-bond donors (Lipinski definition) is 1. The number of methoxy groups -OCH3 is 1. The number of rotatable bonds is 5. The average Bonchev–Trinajstić information content (AvgIpc) is 2.84. The minimum atomic E-state index is 0.883. The molecule has 0 radical (unpaired) electrons. The second kappa shape index (κ2) is 5.68. The van der Waals surface area contributed by atoms with Crippen LogP contribution in [-0.4, -0.2) is 51.1 Å². The summed E-state index contributed by atoms with van der Waals surface area (Å²) < 4.78 is 5.16. The van der Waals surface area contributed by atoms with Gasteiger partial charge in [-0.1, -0.05) is 0 Å². The Morgan fingerprint density at radius 1 is 1.35 bits per heavy atom. The molecule has 1 aromatic carbocycles. The third kappa shape index (κ3) is 2.77. The second-order valence-electron chi connectivity index (χ2n) is 4.02. The van der Waals surface area contributed by atoms with Gasteiger partial charge < -0.3 is 15.0 Å². The molecule has 0 unspecified atom stereocenters. The number of benzene rings is 1. The van der Waals surface area contributed by atoms with Gasteiger partial charge in [-0.05, 0) is 31.3 Å². The highest BCUT2D eigenvalue weighted by Gasteiger charge is 2.17. The normalized spacial score (nSPS) is 14.9. The highest BCUT2D eigenvalue weighted by molar-refractivity contribution is 5.99. The van der Waals surface area contributed by atoms with Gasteiger partial charge in [0.05, 0.1) is 13.7 Å². The van der Waals surface area contributed by atoms with Crippen molar-refractivity contribution in [2.45, 2.75) is 0 Å². The van der Waals surface area contributed by atoms with Crippen molar-refractivity contribution in [3.8, 4) is 5.75 Å². The molecule has 4 heteroatoms. The summed E-state index contributed by atoms with van der Waals surface area (Å²) in [6, 6.07) is 8.09. The van der Waals surface area contributed by atoms with Crippen molar-refractivity contribution in [2.24, 2.45) is 4.99 Å². The molecule has 0 saturated carbocycles. The van der Waals surface area contributed by atoms with Gasteiger partial charge in [0.1, 0.15) is 11.6 Å². The van der Waals surface area contributed by atoms with Crippen molar-refractivity contribution in [1.82, 2.24) is 10.2 Å². The molecule has 0 saturated heterocycles. The van der Waals surface area contributed by atoms with Crippen LogP contribution in [0.4, 0.5) is 0 Å². The smallest absolute Gasteiger partial charge is 0.131 e. The van der Waals surface area contributed by atoms with Gasteiger partial charge in [0, 0.05) is 25.2 Å². The van der Waals surface area contributed by atoms with Crippen LogP contribution in [0.1, 0.15) is 5.56 Å². The Morgan fingerprint density at radius 2 is 2.12 bits per heavy atom. The summed E-state index contributed by atoms with van der Waals surface area (Å²) in [4.78, 5) is 6.89. The molecular weight excluding hydrogens is 214 g/mol. The van der Waals surface area contributed by atoms with E-state index in [-0.39, 0.29) is 0 Å². The number of ether oxygens (including phenoxy) is 1. The fraction of sp³-hybridized carbons (Fsp3) is 0.462. The Hall–Kier alpha value is -1.55. The van der Waals surface area contributed by atoms with E-state index in [9.17, 15) is 0 Å². The summed E-state index contributed by atoms with van der Waals surface area (Å²) in [5.41, 5.74) is 1.17. The van der Waals surface area contributed by atoms with Gasteiger partial charge in [-0.3, -0.25) is 4.99 Å². The number of nitrogens with zero attached hydrogens (tertiary/aromatic N) is 2. The van der Waals surface area contributed by atoms with Gasteiger partial charge in [0.25, 0.3) is 0 Å². The fourth-order valence-electron chi connectivity index (χ4n) is 1.96. The van der Waals surface area contributed by atoms with Gasteiger partial charge in [0.15, 0.2) is 0 Å². The highest BCUT2D eigenvalue weighted by Crippen LogP contribution is 2.15. The van der Waals surface area contributed by atoms with E-state index in [0.29, 0.717) is 0 Å². The standard InChI is InChI=1S/C13H19N3O/c1-14-7-9-16-10-8-15-13(16)11-3-5-12(17-2)6-4-11/h3-6,14H,7-10H2,1-2H3. The Balaban J connectivity index is 2.09. The summed E-state index contributed by atoms with van der Waals surface area (Å²) in [7, 11) is 3.65. The largest absolute Gasteiger partial charge is 0.497 e. The van der Waals surface area contributed by atoms with Crippen LogP contribution < -0.4 is 10.1 Å². The summed E-state index contributed by atoms with van der Waals surface area (Å²) in [5.74, 6) is 1.98. The predicted octanol–water partition coefficient (Wildman–Crippen LogP) is 0.977.